The number of furan rings is 1. The van der Waals surface area contributed by atoms with Crippen LogP contribution in [0.2, 0.25) is 0 Å². The Kier molecular flexibility index (Phi) is 5.52. The fourth-order valence-corrected chi connectivity index (χ4v) is 6.38. The maximum absolute atomic E-state index is 13.4. The number of aliphatic hydroxyl groups is 1. The summed E-state index contributed by atoms with van der Waals surface area (Å²) in [5.41, 5.74) is 2.97. The minimum Gasteiger partial charge on any atom is -0.463 e. The molecule has 1 aliphatic heterocycles. The molecule has 0 spiro atoms. The minimum absolute atomic E-state index is 0.135. The van der Waals surface area contributed by atoms with Gasteiger partial charge in [0.1, 0.15) is 17.0 Å². The first-order chi connectivity index (χ1) is 16.5. The highest BCUT2D eigenvalue weighted by atomic mass is 32.2. The third kappa shape index (κ3) is 4.12. The van der Waals surface area contributed by atoms with E-state index in [4.69, 9.17) is 8.83 Å². The van der Waals surface area contributed by atoms with Crippen LogP contribution in [0.1, 0.15) is 16.7 Å². The molecular weight excluding hydrogens is 477 g/mol. The first-order valence-electron chi connectivity index (χ1n) is 10.9. The predicted molar refractivity (Wildman–Crippen MR) is 127 cm³/mol. The second-order valence-electron chi connectivity index (χ2n) is 8.90. The molecule has 1 amide bonds. The fraction of sp³-hybridized carbons (Fsp3) is 0.280. The van der Waals surface area contributed by atoms with E-state index in [9.17, 15) is 27.5 Å². The van der Waals surface area contributed by atoms with E-state index in [1.165, 1.54) is 12.1 Å². The lowest BCUT2D eigenvalue weighted by molar-refractivity contribution is -0.121. The van der Waals surface area contributed by atoms with Crippen molar-refractivity contribution >= 4 is 37.7 Å². The maximum atomic E-state index is 13.4. The van der Waals surface area contributed by atoms with Gasteiger partial charge in [0, 0.05) is 21.9 Å². The quantitative estimate of drug-likeness (QED) is 0.414. The minimum atomic E-state index is -3.43. The summed E-state index contributed by atoms with van der Waals surface area (Å²) in [7, 11) is -3.43. The summed E-state index contributed by atoms with van der Waals surface area (Å²) in [5.74, 6) is -1.71. The Balaban J connectivity index is 1.55. The third-order valence-electron chi connectivity index (χ3n) is 6.50. The van der Waals surface area contributed by atoms with E-state index < -0.39 is 39.3 Å². The summed E-state index contributed by atoms with van der Waals surface area (Å²) < 4.78 is 48.1. The molecule has 0 saturated carbocycles. The smallest absolute Gasteiger partial charge is 0.340 e. The summed E-state index contributed by atoms with van der Waals surface area (Å²) in [6.07, 6.45) is 0.0349. The van der Waals surface area contributed by atoms with Gasteiger partial charge in [-0.25, -0.2) is 17.6 Å². The van der Waals surface area contributed by atoms with Gasteiger partial charge in [0.15, 0.2) is 9.84 Å². The van der Waals surface area contributed by atoms with Crippen LogP contribution in [0.15, 0.2) is 50.2 Å². The molecule has 0 aliphatic carbocycles. The van der Waals surface area contributed by atoms with Crippen LogP contribution in [0.25, 0.3) is 33.1 Å². The predicted octanol–water partition coefficient (Wildman–Crippen LogP) is 2.78. The Morgan fingerprint density at radius 1 is 1.11 bits per heavy atom. The normalized spacial score (nSPS) is 19.4. The van der Waals surface area contributed by atoms with Gasteiger partial charge in [-0.1, -0.05) is 12.1 Å². The largest absolute Gasteiger partial charge is 0.463 e. The molecule has 35 heavy (non-hydrogen) atoms. The zero-order valence-corrected chi connectivity index (χ0v) is 19.7. The molecule has 1 aliphatic rings. The van der Waals surface area contributed by atoms with Gasteiger partial charge in [-0.2, -0.15) is 0 Å². The van der Waals surface area contributed by atoms with Crippen LogP contribution >= 0.6 is 0 Å². The molecule has 2 atom stereocenters. The molecule has 1 fully saturated rings. The van der Waals surface area contributed by atoms with Crippen LogP contribution < -0.4 is 10.9 Å². The molecule has 182 valence electrons. The number of carbonyl (C=O) groups is 1. The van der Waals surface area contributed by atoms with Gasteiger partial charge >= 0.3 is 5.63 Å². The molecule has 2 aromatic carbocycles. The maximum Gasteiger partial charge on any atom is 0.340 e. The topological polar surface area (TPSA) is 127 Å². The van der Waals surface area contributed by atoms with Crippen LogP contribution in [-0.2, 0) is 21.1 Å². The summed E-state index contributed by atoms with van der Waals surface area (Å²) in [4.78, 5) is 25.4. The Morgan fingerprint density at radius 2 is 1.83 bits per heavy atom. The van der Waals surface area contributed by atoms with Crippen LogP contribution in [0.4, 0.5) is 4.39 Å². The number of hydrogen-bond acceptors (Lipinski definition) is 7. The number of amides is 1. The summed E-state index contributed by atoms with van der Waals surface area (Å²) in [5, 5.41) is 13.8. The number of aliphatic hydroxyl groups excluding tert-OH is 1. The molecule has 4 aromatic rings. The number of nitrogens with one attached hydrogen (secondary N) is 1. The lowest BCUT2D eigenvalue weighted by atomic mass is 9.97. The van der Waals surface area contributed by atoms with Gasteiger partial charge in [0.05, 0.1) is 41.9 Å². The molecule has 5 rings (SSSR count). The Hall–Kier alpha value is -3.50. The third-order valence-corrected chi connectivity index (χ3v) is 8.22. The van der Waals surface area contributed by atoms with E-state index in [0.717, 1.165) is 16.5 Å². The number of fused-ring (bicyclic) bond motifs is 2. The van der Waals surface area contributed by atoms with Crippen molar-refractivity contribution < 1.29 is 31.5 Å². The second-order valence-corrected chi connectivity index (χ2v) is 11.1. The highest BCUT2D eigenvalue weighted by molar-refractivity contribution is 7.91. The molecule has 2 N–H and O–H groups in total. The van der Waals surface area contributed by atoms with Crippen LogP contribution in [-0.4, -0.2) is 43.1 Å². The number of halogens is 1. The molecule has 3 heterocycles. The highest BCUT2D eigenvalue weighted by Gasteiger charge is 2.37. The number of carbonyl (C=O) groups excluding carboxylic acids is 1. The van der Waals surface area contributed by atoms with E-state index >= 15 is 0 Å². The molecule has 0 radical (unpaired) electrons. The molecular formula is C25H22FNO7S. The summed E-state index contributed by atoms with van der Waals surface area (Å²) in [6.45, 7) is 3.47. The van der Waals surface area contributed by atoms with E-state index in [1.54, 1.807) is 32.2 Å². The van der Waals surface area contributed by atoms with Gasteiger partial charge in [-0.3, -0.25) is 4.79 Å². The van der Waals surface area contributed by atoms with Crippen LogP contribution in [0.3, 0.4) is 0 Å². The van der Waals surface area contributed by atoms with Crippen molar-refractivity contribution in [1.82, 2.24) is 5.32 Å². The van der Waals surface area contributed by atoms with Crippen LogP contribution in [0, 0.1) is 19.7 Å². The molecule has 8 nitrogen and oxygen atoms in total. The summed E-state index contributed by atoms with van der Waals surface area (Å²) in [6, 6.07) is 6.89. The average Bonchev–Trinajstić information content (AvgIpc) is 3.32. The van der Waals surface area contributed by atoms with Crippen molar-refractivity contribution in [2.75, 3.05) is 11.5 Å². The van der Waals surface area contributed by atoms with Crippen molar-refractivity contribution in [1.29, 1.82) is 0 Å². The first-order valence-corrected chi connectivity index (χ1v) is 12.8. The Morgan fingerprint density at radius 3 is 2.49 bits per heavy atom. The molecule has 0 bridgehead atoms. The van der Waals surface area contributed by atoms with E-state index in [-0.39, 0.29) is 23.6 Å². The van der Waals surface area contributed by atoms with E-state index in [2.05, 4.69) is 5.32 Å². The van der Waals surface area contributed by atoms with Gasteiger partial charge in [0.25, 0.3) is 0 Å². The number of benzene rings is 2. The van der Waals surface area contributed by atoms with Crippen molar-refractivity contribution in [3.63, 3.8) is 0 Å². The lowest BCUT2D eigenvalue weighted by Gasteiger charge is -2.15. The number of rotatable bonds is 4. The fourth-order valence-electron chi connectivity index (χ4n) is 4.64. The van der Waals surface area contributed by atoms with Crippen LogP contribution in [0.5, 0.6) is 0 Å². The molecule has 0 unspecified atom stereocenters. The van der Waals surface area contributed by atoms with Gasteiger partial charge in [-0.05, 0) is 43.2 Å². The Bertz CT molecular complexity index is 1650. The zero-order valence-electron chi connectivity index (χ0n) is 18.9. The van der Waals surface area contributed by atoms with Gasteiger partial charge < -0.3 is 19.3 Å². The summed E-state index contributed by atoms with van der Waals surface area (Å²) >= 11 is 0. The zero-order chi connectivity index (χ0) is 25.1. The van der Waals surface area contributed by atoms with Gasteiger partial charge in [-0.15, -0.1) is 0 Å². The molecule has 2 aromatic heterocycles. The van der Waals surface area contributed by atoms with Crippen molar-refractivity contribution in [2.24, 2.45) is 0 Å². The SMILES string of the molecule is Cc1c(CC(=O)N[C@@H]2CS(=O)(=O)C[C@H]2O)c(=O)oc2c(C)c3occ(-c4ccc(F)cc4)c3cc12. The average molecular weight is 500 g/mol. The highest BCUT2D eigenvalue weighted by Crippen LogP contribution is 2.37. The van der Waals surface area contributed by atoms with Crippen molar-refractivity contribution in [2.45, 2.75) is 32.4 Å². The number of aryl methyl sites for hydroxylation is 2. The number of hydrogen-bond donors (Lipinski definition) is 2. The second kappa shape index (κ2) is 8.31. The van der Waals surface area contributed by atoms with Crippen molar-refractivity contribution in [3.05, 3.63) is 69.5 Å². The van der Waals surface area contributed by atoms with Crippen molar-refractivity contribution in [3.8, 4) is 11.1 Å². The first kappa shape index (κ1) is 23.3. The van der Waals surface area contributed by atoms with E-state index in [0.29, 0.717) is 27.7 Å². The Labute approximate surface area is 199 Å². The standard InChI is InChI=1S/C25H22FNO7S/c1-12-16-7-18-19(14-3-5-15(26)6-4-14)9-33-23(18)13(2)24(16)34-25(30)17(12)8-22(29)27-20-10-35(31,32)11-21(20)28/h3-7,9,20-21,28H,8,10-11H2,1-2H3,(H,27,29)/t20-,21-/m1/s1. The molecule has 1 saturated heterocycles. The number of sulfone groups is 1. The van der Waals surface area contributed by atoms with Gasteiger partial charge in [0.2, 0.25) is 5.91 Å². The molecule has 10 heteroatoms. The monoisotopic (exact) mass is 499 g/mol. The van der Waals surface area contributed by atoms with E-state index in [1.807, 2.05) is 6.07 Å². The lowest BCUT2D eigenvalue weighted by Crippen LogP contribution is -2.43.